The largest absolute Gasteiger partial charge is 0.493 e. The van der Waals surface area contributed by atoms with Gasteiger partial charge in [-0.15, -0.1) is 0 Å². The van der Waals surface area contributed by atoms with Crippen LogP contribution in [0.15, 0.2) is 59.5 Å². The number of benzene rings is 2. The summed E-state index contributed by atoms with van der Waals surface area (Å²) < 4.78 is 2.85. The second-order valence-electron chi connectivity index (χ2n) is 8.58. The average Bonchev–Trinajstić information content (AvgIpc) is 3.49. The fraction of sp³-hybridized carbons (Fsp3) is 0.200. The molecule has 0 radical (unpaired) electrons. The molecular weight excluding hydrogens is 418 g/mol. The Kier molecular flexibility index (Phi) is 3.98. The zero-order valence-electron chi connectivity index (χ0n) is 17.8. The van der Waals surface area contributed by atoms with Crippen LogP contribution in [0.1, 0.15) is 45.8 Å². The number of aromatic nitrogens is 3. The molecule has 2 atom stereocenters. The van der Waals surface area contributed by atoms with Crippen LogP contribution in [0, 0.1) is 18.3 Å². The number of amides is 1. The molecule has 1 unspecified atom stereocenters. The van der Waals surface area contributed by atoms with Gasteiger partial charge in [0.15, 0.2) is 0 Å². The number of rotatable bonds is 2. The summed E-state index contributed by atoms with van der Waals surface area (Å²) in [6, 6.07) is 16.1. The number of fused-ring (bicyclic) bond motifs is 6. The number of nitrogens with zero attached hydrogens (tertiary/aromatic N) is 5. The maximum absolute atomic E-state index is 13.4. The van der Waals surface area contributed by atoms with Crippen LogP contribution < -0.4 is 5.69 Å². The zero-order valence-corrected chi connectivity index (χ0v) is 17.8. The number of aromatic hydroxyl groups is 1. The smallest absolute Gasteiger partial charge is 0.336 e. The lowest BCUT2D eigenvalue weighted by Gasteiger charge is -2.27. The molecule has 6 rings (SSSR count). The van der Waals surface area contributed by atoms with Crippen molar-refractivity contribution in [1.29, 1.82) is 5.26 Å². The van der Waals surface area contributed by atoms with Gasteiger partial charge in [0.2, 0.25) is 5.88 Å². The molecule has 2 aliphatic rings. The van der Waals surface area contributed by atoms with Gasteiger partial charge in [-0.1, -0.05) is 42.0 Å². The van der Waals surface area contributed by atoms with Crippen molar-refractivity contribution in [2.75, 3.05) is 6.54 Å². The van der Waals surface area contributed by atoms with E-state index in [4.69, 9.17) is 0 Å². The summed E-state index contributed by atoms with van der Waals surface area (Å²) in [5.41, 5.74) is 2.34. The van der Waals surface area contributed by atoms with Gasteiger partial charge in [-0.2, -0.15) is 5.26 Å². The van der Waals surface area contributed by atoms with Crippen molar-refractivity contribution in [3.05, 3.63) is 87.7 Å². The minimum absolute atomic E-state index is 0.109. The first-order valence-corrected chi connectivity index (χ1v) is 10.7. The number of aryl methyl sites for hydroxylation is 1. The standard InChI is InChI=1S/C25H19N5O3/c1-14-5-4-6-15(9-14)23(31)28-13-16-10-20(28)22-24(32)30(25(33)29(16)22)21-12-27-19(11-26)17-7-2-3-8-18(17)21/h2-9,12,16,20,32H,10,13H2,1H3/t16-,20?/m1/s1. The van der Waals surface area contributed by atoms with E-state index in [2.05, 4.69) is 11.1 Å². The molecule has 0 aliphatic carbocycles. The van der Waals surface area contributed by atoms with Gasteiger partial charge < -0.3 is 10.0 Å². The first-order valence-electron chi connectivity index (χ1n) is 10.7. The molecule has 2 bridgehead atoms. The predicted octanol–water partition coefficient (Wildman–Crippen LogP) is 3.21. The molecule has 0 saturated carbocycles. The van der Waals surface area contributed by atoms with Gasteiger partial charge in [-0.25, -0.2) is 14.3 Å². The zero-order chi connectivity index (χ0) is 22.9. The Morgan fingerprint density at radius 3 is 2.73 bits per heavy atom. The Hall–Kier alpha value is -4.38. The minimum Gasteiger partial charge on any atom is -0.493 e. The molecule has 1 N–H and O–H groups in total. The molecule has 1 fully saturated rings. The molecule has 4 heterocycles. The van der Waals surface area contributed by atoms with Crippen molar-refractivity contribution in [2.24, 2.45) is 0 Å². The molecule has 2 aromatic carbocycles. The Morgan fingerprint density at radius 1 is 1.18 bits per heavy atom. The van der Waals surface area contributed by atoms with Crippen molar-refractivity contribution in [1.82, 2.24) is 19.0 Å². The van der Waals surface area contributed by atoms with Gasteiger partial charge in [-0.3, -0.25) is 9.36 Å². The van der Waals surface area contributed by atoms with Gasteiger partial charge in [-0.05, 0) is 25.5 Å². The number of likely N-dealkylation sites (tertiary alicyclic amines) is 1. The number of carbonyl (C=O) groups is 1. The number of nitriles is 1. The molecule has 2 aromatic heterocycles. The van der Waals surface area contributed by atoms with Crippen LogP contribution in [-0.2, 0) is 0 Å². The summed E-state index contributed by atoms with van der Waals surface area (Å²) >= 11 is 0. The number of imidazole rings is 1. The van der Waals surface area contributed by atoms with E-state index in [0.29, 0.717) is 40.7 Å². The van der Waals surface area contributed by atoms with Crippen LogP contribution >= 0.6 is 0 Å². The summed E-state index contributed by atoms with van der Waals surface area (Å²) in [7, 11) is 0. The second kappa shape index (κ2) is 6.81. The van der Waals surface area contributed by atoms with Crippen LogP contribution in [0.4, 0.5) is 0 Å². The van der Waals surface area contributed by atoms with E-state index in [0.717, 1.165) is 5.56 Å². The van der Waals surface area contributed by atoms with Crippen LogP contribution in [0.2, 0.25) is 0 Å². The van der Waals surface area contributed by atoms with Crippen molar-refractivity contribution < 1.29 is 9.90 Å². The van der Waals surface area contributed by atoms with E-state index in [1.54, 1.807) is 33.7 Å². The molecule has 4 aromatic rings. The molecule has 8 nitrogen and oxygen atoms in total. The number of carbonyl (C=O) groups excluding carboxylic acids is 1. The normalized spacial score (nSPS) is 18.5. The molecule has 8 heteroatoms. The summed E-state index contributed by atoms with van der Waals surface area (Å²) in [5, 5.41) is 21.9. The third-order valence-electron chi connectivity index (χ3n) is 6.70. The highest BCUT2D eigenvalue weighted by atomic mass is 16.3. The van der Waals surface area contributed by atoms with Gasteiger partial charge in [0.25, 0.3) is 5.91 Å². The van der Waals surface area contributed by atoms with E-state index in [1.807, 2.05) is 31.2 Å². The van der Waals surface area contributed by atoms with E-state index in [1.165, 1.54) is 10.8 Å². The lowest BCUT2D eigenvalue weighted by molar-refractivity contribution is 0.0711. The van der Waals surface area contributed by atoms with E-state index >= 15 is 0 Å². The van der Waals surface area contributed by atoms with Crippen LogP contribution in [0.3, 0.4) is 0 Å². The van der Waals surface area contributed by atoms with Gasteiger partial charge >= 0.3 is 5.69 Å². The van der Waals surface area contributed by atoms with Gasteiger partial charge in [0, 0.05) is 22.9 Å². The Morgan fingerprint density at radius 2 is 1.97 bits per heavy atom. The molecule has 2 aliphatic heterocycles. The van der Waals surface area contributed by atoms with Crippen molar-refractivity contribution in [3.63, 3.8) is 0 Å². The summed E-state index contributed by atoms with van der Waals surface area (Å²) in [6.07, 6.45) is 2.04. The maximum Gasteiger partial charge on any atom is 0.336 e. The summed E-state index contributed by atoms with van der Waals surface area (Å²) in [4.78, 5) is 32.6. The van der Waals surface area contributed by atoms with Gasteiger partial charge in [0.05, 0.1) is 24.0 Å². The lowest BCUT2D eigenvalue weighted by atomic mass is 10.1. The fourth-order valence-corrected chi connectivity index (χ4v) is 5.28. The maximum atomic E-state index is 13.4. The van der Waals surface area contributed by atoms with Crippen LogP contribution in [0.5, 0.6) is 5.88 Å². The Labute approximate surface area is 188 Å². The number of pyridine rings is 1. The minimum atomic E-state index is -0.380. The number of hydrogen-bond donors (Lipinski definition) is 1. The third kappa shape index (κ3) is 2.59. The quantitative estimate of drug-likeness (QED) is 0.519. The Bertz CT molecular complexity index is 1580. The monoisotopic (exact) mass is 437 g/mol. The highest BCUT2D eigenvalue weighted by molar-refractivity contribution is 5.95. The van der Waals surface area contributed by atoms with Crippen molar-refractivity contribution in [3.8, 4) is 17.6 Å². The molecule has 1 amide bonds. The third-order valence-corrected chi connectivity index (χ3v) is 6.70. The van der Waals surface area contributed by atoms with Crippen molar-refractivity contribution >= 4 is 16.7 Å². The van der Waals surface area contributed by atoms with Crippen LogP contribution in [-0.4, -0.2) is 36.6 Å². The fourth-order valence-electron chi connectivity index (χ4n) is 5.28. The van der Waals surface area contributed by atoms with E-state index in [9.17, 15) is 20.0 Å². The highest BCUT2D eigenvalue weighted by Crippen LogP contribution is 2.49. The average molecular weight is 437 g/mol. The second-order valence-corrected chi connectivity index (χ2v) is 8.58. The van der Waals surface area contributed by atoms with Gasteiger partial charge in [0.1, 0.15) is 17.5 Å². The molecule has 33 heavy (non-hydrogen) atoms. The Balaban J connectivity index is 1.48. The van der Waals surface area contributed by atoms with E-state index in [-0.39, 0.29) is 35.3 Å². The molecule has 162 valence electrons. The molecule has 1 saturated heterocycles. The summed E-state index contributed by atoms with van der Waals surface area (Å²) in [6.45, 7) is 2.35. The first-order chi connectivity index (χ1) is 16.0. The molecular formula is C25H19N5O3. The highest BCUT2D eigenvalue weighted by Gasteiger charge is 2.49. The van der Waals surface area contributed by atoms with Crippen molar-refractivity contribution in [2.45, 2.75) is 25.4 Å². The molecule has 0 spiro atoms. The first kappa shape index (κ1) is 19.3. The van der Waals surface area contributed by atoms with E-state index < -0.39 is 0 Å². The predicted molar refractivity (Wildman–Crippen MR) is 120 cm³/mol. The topological polar surface area (TPSA) is 104 Å². The summed E-state index contributed by atoms with van der Waals surface area (Å²) in [5.74, 6) is -0.298. The van der Waals surface area contributed by atoms with Crippen LogP contribution in [0.25, 0.3) is 16.5 Å². The SMILES string of the molecule is Cc1cccc(C(=O)N2C[C@H]3CC2c2c(O)n(-c4cnc(C#N)c5ccccc45)c(=O)n23)c1. The number of hydrogen-bond acceptors (Lipinski definition) is 5. The lowest BCUT2D eigenvalue weighted by Crippen LogP contribution is -2.37.